The van der Waals surface area contributed by atoms with Gasteiger partial charge in [0, 0.05) is 6.42 Å². The maximum absolute atomic E-state index is 12.4. The second-order valence-electron chi connectivity index (χ2n) is 6.07. The second kappa shape index (κ2) is 6.34. The van der Waals surface area contributed by atoms with E-state index in [0.29, 0.717) is 6.42 Å². The second-order valence-corrected chi connectivity index (χ2v) is 6.07. The molecule has 118 valence electrons. The average molecular weight is 302 g/mol. The molecule has 1 fully saturated rings. The Morgan fingerprint density at radius 1 is 1.00 bits per heavy atom. The van der Waals surface area contributed by atoms with Crippen molar-refractivity contribution < 1.29 is 19.1 Å². The molecule has 0 N–H and O–H groups in total. The lowest BCUT2D eigenvalue weighted by Gasteiger charge is -2.17. The number of hydrogen-bond acceptors (Lipinski definition) is 4. The van der Waals surface area contributed by atoms with Crippen molar-refractivity contribution in [2.45, 2.75) is 46.3 Å². The molecule has 0 unspecified atom stereocenters. The van der Waals surface area contributed by atoms with Crippen molar-refractivity contribution in [3.63, 3.8) is 0 Å². The summed E-state index contributed by atoms with van der Waals surface area (Å²) in [5, 5.41) is 0. The minimum atomic E-state index is -1.26. The highest BCUT2D eigenvalue weighted by atomic mass is 16.6. The summed E-state index contributed by atoms with van der Waals surface area (Å²) in [6, 6.07) is 9.60. The smallest absolute Gasteiger partial charge is 0.328 e. The van der Waals surface area contributed by atoms with Gasteiger partial charge in [-0.2, -0.15) is 0 Å². The molecule has 0 radical (unpaired) electrons. The first-order valence-electron chi connectivity index (χ1n) is 7.54. The minimum absolute atomic E-state index is 0.269. The summed E-state index contributed by atoms with van der Waals surface area (Å²) in [5.41, 5.74) is 0.439. The van der Waals surface area contributed by atoms with E-state index in [1.54, 1.807) is 27.7 Å². The molecule has 1 saturated carbocycles. The molecule has 1 aromatic rings. The van der Waals surface area contributed by atoms with E-state index < -0.39 is 17.4 Å². The Kier molecular flexibility index (Phi) is 4.69. The van der Waals surface area contributed by atoms with E-state index in [-0.39, 0.29) is 12.2 Å². The minimum Gasteiger partial charge on any atom is -0.462 e. The maximum atomic E-state index is 12.4. The fourth-order valence-electron chi connectivity index (χ4n) is 2.29. The third-order valence-corrected chi connectivity index (χ3v) is 3.40. The SMILES string of the molecule is CC(C)OC(=O)C1(C(=O)OC(C)C)C/C1=C\c1ccccc1. The monoisotopic (exact) mass is 302 g/mol. The molecule has 0 heterocycles. The van der Waals surface area contributed by atoms with Gasteiger partial charge in [0.15, 0.2) is 5.41 Å². The number of benzene rings is 1. The Labute approximate surface area is 131 Å². The van der Waals surface area contributed by atoms with Crippen molar-refractivity contribution in [3.05, 3.63) is 41.5 Å². The molecule has 0 atom stereocenters. The van der Waals surface area contributed by atoms with E-state index in [4.69, 9.17) is 9.47 Å². The number of hydrogen-bond donors (Lipinski definition) is 0. The largest absolute Gasteiger partial charge is 0.462 e. The van der Waals surface area contributed by atoms with Crippen LogP contribution in [0.2, 0.25) is 0 Å². The molecule has 22 heavy (non-hydrogen) atoms. The van der Waals surface area contributed by atoms with E-state index in [0.717, 1.165) is 11.1 Å². The molecule has 4 nitrogen and oxygen atoms in total. The van der Waals surface area contributed by atoms with Crippen molar-refractivity contribution in [1.82, 2.24) is 0 Å². The maximum Gasteiger partial charge on any atom is 0.328 e. The van der Waals surface area contributed by atoms with Crippen LogP contribution in [0.1, 0.15) is 39.7 Å². The van der Waals surface area contributed by atoms with Gasteiger partial charge in [0.2, 0.25) is 0 Å². The summed E-state index contributed by atoms with van der Waals surface area (Å²) >= 11 is 0. The van der Waals surface area contributed by atoms with Crippen LogP contribution in [-0.2, 0) is 19.1 Å². The Morgan fingerprint density at radius 3 is 1.95 bits per heavy atom. The van der Waals surface area contributed by atoms with Gasteiger partial charge in [-0.25, -0.2) is 0 Å². The highest BCUT2D eigenvalue weighted by molar-refractivity contribution is 6.10. The van der Waals surface area contributed by atoms with Gasteiger partial charge < -0.3 is 9.47 Å². The zero-order valence-corrected chi connectivity index (χ0v) is 13.5. The molecule has 0 saturated heterocycles. The molecule has 0 bridgehead atoms. The predicted molar refractivity (Wildman–Crippen MR) is 83.9 cm³/mol. The average Bonchev–Trinajstić information content (AvgIpc) is 3.14. The van der Waals surface area contributed by atoms with Crippen molar-refractivity contribution in [2.75, 3.05) is 0 Å². The Balaban J connectivity index is 2.28. The molecular weight excluding hydrogens is 280 g/mol. The summed E-state index contributed by atoms with van der Waals surface area (Å²) in [5.74, 6) is -1.04. The molecule has 0 spiro atoms. The first-order chi connectivity index (χ1) is 10.4. The van der Waals surface area contributed by atoms with Crippen LogP contribution < -0.4 is 0 Å². The van der Waals surface area contributed by atoms with Crippen LogP contribution in [-0.4, -0.2) is 24.1 Å². The topological polar surface area (TPSA) is 52.6 Å². The molecule has 0 amide bonds. The first kappa shape index (κ1) is 16.3. The Morgan fingerprint density at radius 2 is 1.50 bits per heavy atom. The van der Waals surface area contributed by atoms with Gasteiger partial charge in [-0.15, -0.1) is 0 Å². The molecular formula is C18H22O4. The van der Waals surface area contributed by atoms with Crippen LogP contribution in [0.5, 0.6) is 0 Å². The number of rotatable bonds is 5. The fraction of sp³-hybridized carbons (Fsp3) is 0.444. The van der Waals surface area contributed by atoms with E-state index in [2.05, 4.69) is 0 Å². The molecule has 1 aliphatic rings. The molecule has 4 heteroatoms. The van der Waals surface area contributed by atoms with Gasteiger partial charge in [-0.1, -0.05) is 36.4 Å². The van der Waals surface area contributed by atoms with Crippen LogP contribution in [0.4, 0.5) is 0 Å². The molecule has 1 aliphatic carbocycles. The number of ether oxygens (including phenoxy) is 2. The van der Waals surface area contributed by atoms with Crippen LogP contribution in [0.3, 0.4) is 0 Å². The first-order valence-corrected chi connectivity index (χ1v) is 7.54. The number of carbonyl (C=O) groups is 2. The van der Waals surface area contributed by atoms with Crippen LogP contribution in [0.15, 0.2) is 35.9 Å². The standard InChI is InChI=1S/C18H22O4/c1-12(2)21-16(19)18(17(20)22-13(3)4)11-15(18)10-14-8-6-5-7-9-14/h5-10,12-13H,11H2,1-4H3/b15-10+. The highest BCUT2D eigenvalue weighted by Gasteiger charge is 2.64. The van der Waals surface area contributed by atoms with Crippen molar-refractivity contribution >= 4 is 18.0 Å². The summed E-state index contributed by atoms with van der Waals surface area (Å²) in [6.07, 6.45) is 1.69. The third-order valence-electron chi connectivity index (χ3n) is 3.40. The van der Waals surface area contributed by atoms with Crippen LogP contribution >= 0.6 is 0 Å². The Hall–Kier alpha value is -2.10. The molecule has 0 aromatic heterocycles. The van der Waals surface area contributed by atoms with E-state index >= 15 is 0 Å². The number of esters is 2. The van der Waals surface area contributed by atoms with Gasteiger partial charge in [0.05, 0.1) is 12.2 Å². The summed E-state index contributed by atoms with van der Waals surface area (Å²) in [6.45, 7) is 7.06. The van der Waals surface area contributed by atoms with Gasteiger partial charge in [0.1, 0.15) is 0 Å². The highest BCUT2D eigenvalue weighted by Crippen LogP contribution is 2.55. The zero-order valence-electron chi connectivity index (χ0n) is 13.5. The quantitative estimate of drug-likeness (QED) is 0.618. The van der Waals surface area contributed by atoms with Crippen molar-refractivity contribution in [2.24, 2.45) is 5.41 Å². The van der Waals surface area contributed by atoms with Gasteiger partial charge in [0.25, 0.3) is 0 Å². The van der Waals surface area contributed by atoms with E-state index in [1.807, 2.05) is 36.4 Å². The van der Waals surface area contributed by atoms with E-state index in [1.165, 1.54) is 0 Å². The number of carbonyl (C=O) groups excluding carboxylic acids is 2. The molecule has 0 aliphatic heterocycles. The van der Waals surface area contributed by atoms with Crippen LogP contribution in [0, 0.1) is 5.41 Å². The summed E-state index contributed by atoms with van der Waals surface area (Å²) in [7, 11) is 0. The lowest BCUT2D eigenvalue weighted by molar-refractivity contribution is -0.167. The van der Waals surface area contributed by atoms with Gasteiger partial charge >= 0.3 is 11.9 Å². The lowest BCUT2D eigenvalue weighted by atomic mass is 10.1. The molecule has 1 aromatic carbocycles. The third kappa shape index (κ3) is 3.38. The van der Waals surface area contributed by atoms with Crippen LogP contribution in [0.25, 0.3) is 6.08 Å². The summed E-state index contributed by atoms with van der Waals surface area (Å²) < 4.78 is 10.5. The van der Waals surface area contributed by atoms with E-state index in [9.17, 15) is 9.59 Å². The van der Waals surface area contributed by atoms with Crippen molar-refractivity contribution in [1.29, 1.82) is 0 Å². The molecule has 2 rings (SSSR count). The zero-order chi connectivity index (χ0) is 16.3. The lowest BCUT2D eigenvalue weighted by Crippen LogP contribution is -2.33. The van der Waals surface area contributed by atoms with Gasteiger partial charge in [-0.3, -0.25) is 9.59 Å². The van der Waals surface area contributed by atoms with Crippen molar-refractivity contribution in [3.8, 4) is 0 Å². The predicted octanol–water partition coefficient (Wildman–Crippen LogP) is 3.36. The van der Waals surface area contributed by atoms with Gasteiger partial charge in [-0.05, 0) is 38.8 Å². The normalized spacial score (nSPS) is 17.6. The fourth-order valence-corrected chi connectivity index (χ4v) is 2.29. The summed E-state index contributed by atoms with van der Waals surface area (Å²) in [4.78, 5) is 24.8. The Bertz CT molecular complexity index is 562.